The highest BCUT2D eigenvalue weighted by Gasteiger charge is 2.43. The van der Waals surface area contributed by atoms with Crippen molar-refractivity contribution in [2.45, 2.75) is 52.3 Å². The molecule has 1 amide bonds. The highest BCUT2D eigenvalue weighted by Crippen LogP contribution is 2.33. The highest BCUT2D eigenvalue weighted by atomic mass is 16.6. The lowest BCUT2D eigenvalue weighted by Gasteiger charge is -2.45. The van der Waals surface area contributed by atoms with E-state index in [0.29, 0.717) is 12.8 Å². The maximum absolute atomic E-state index is 12.6. The van der Waals surface area contributed by atoms with Gasteiger partial charge < -0.3 is 14.7 Å². The van der Waals surface area contributed by atoms with E-state index in [1.807, 2.05) is 51.1 Å². The Morgan fingerprint density at radius 2 is 1.91 bits per heavy atom. The van der Waals surface area contributed by atoms with Crippen LogP contribution in [-0.4, -0.2) is 34.2 Å². The standard InChI is InChI=1S/C18H25NO4/c1-12(2)16-15(17(20)21)10-9-13(3)19(16)18(22)23-11-14-7-5-4-6-8-14/h4-8,12-13,15-16H,9-11H2,1-3H3,(H,20,21). The van der Waals surface area contributed by atoms with E-state index in [9.17, 15) is 14.7 Å². The predicted molar refractivity (Wildman–Crippen MR) is 86.9 cm³/mol. The number of piperidine rings is 1. The van der Waals surface area contributed by atoms with Gasteiger partial charge in [0.15, 0.2) is 0 Å². The summed E-state index contributed by atoms with van der Waals surface area (Å²) in [6.07, 6.45) is 0.855. The summed E-state index contributed by atoms with van der Waals surface area (Å²) in [6.45, 7) is 6.06. The Morgan fingerprint density at radius 1 is 1.26 bits per heavy atom. The third kappa shape index (κ3) is 4.03. The van der Waals surface area contributed by atoms with Crippen LogP contribution in [0.3, 0.4) is 0 Å². The van der Waals surface area contributed by atoms with Crippen LogP contribution in [0.5, 0.6) is 0 Å². The molecule has 5 nitrogen and oxygen atoms in total. The highest BCUT2D eigenvalue weighted by molar-refractivity contribution is 5.74. The van der Waals surface area contributed by atoms with Gasteiger partial charge in [0.2, 0.25) is 0 Å². The van der Waals surface area contributed by atoms with Crippen LogP contribution in [0.1, 0.15) is 39.2 Å². The van der Waals surface area contributed by atoms with Crippen LogP contribution in [0.15, 0.2) is 30.3 Å². The molecule has 1 aliphatic heterocycles. The minimum atomic E-state index is -0.837. The van der Waals surface area contributed by atoms with Gasteiger partial charge in [0.05, 0.1) is 12.0 Å². The van der Waals surface area contributed by atoms with Gasteiger partial charge in [-0.05, 0) is 31.2 Å². The van der Waals surface area contributed by atoms with Crippen molar-refractivity contribution in [2.75, 3.05) is 0 Å². The Kier molecular flexibility index (Phi) is 5.64. The third-order valence-electron chi connectivity index (χ3n) is 4.52. The second kappa shape index (κ2) is 7.49. The maximum Gasteiger partial charge on any atom is 0.410 e. The lowest BCUT2D eigenvalue weighted by atomic mass is 9.80. The number of hydrogen-bond donors (Lipinski definition) is 1. The fraction of sp³-hybridized carbons (Fsp3) is 0.556. The van der Waals surface area contributed by atoms with Gasteiger partial charge in [0.1, 0.15) is 6.61 Å². The van der Waals surface area contributed by atoms with Crippen molar-refractivity contribution in [3.8, 4) is 0 Å². The number of hydrogen-bond acceptors (Lipinski definition) is 3. The first-order valence-corrected chi connectivity index (χ1v) is 8.13. The second-order valence-electron chi connectivity index (χ2n) is 6.55. The molecule has 1 heterocycles. The molecule has 0 spiro atoms. The van der Waals surface area contributed by atoms with E-state index < -0.39 is 18.0 Å². The molecule has 3 unspecified atom stereocenters. The summed E-state index contributed by atoms with van der Waals surface area (Å²) in [5.74, 6) is -1.31. The fourth-order valence-electron chi connectivity index (χ4n) is 3.37. The minimum Gasteiger partial charge on any atom is -0.481 e. The summed E-state index contributed by atoms with van der Waals surface area (Å²) in [7, 11) is 0. The monoisotopic (exact) mass is 319 g/mol. The first-order chi connectivity index (χ1) is 10.9. The molecule has 5 heteroatoms. The molecule has 1 aromatic carbocycles. The van der Waals surface area contributed by atoms with Crippen molar-refractivity contribution in [2.24, 2.45) is 11.8 Å². The van der Waals surface area contributed by atoms with Gasteiger partial charge in [-0.2, -0.15) is 0 Å². The smallest absolute Gasteiger partial charge is 0.410 e. The van der Waals surface area contributed by atoms with Crippen LogP contribution in [0.2, 0.25) is 0 Å². The molecule has 1 aromatic rings. The number of aliphatic carboxylic acids is 1. The maximum atomic E-state index is 12.6. The van der Waals surface area contributed by atoms with Gasteiger partial charge in [-0.15, -0.1) is 0 Å². The molecular weight excluding hydrogens is 294 g/mol. The summed E-state index contributed by atoms with van der Waals surface area (Å²) in [5, 5.41) is 9.47. The van der Waals surface area contributed by atoms with Gasteiger partial charge in [-0.25, -0.2) is 4.79 Å². The Bertz CT molecular complexity index is 543. The molecular formula is C18H25NO4. The molecule has 0 bridgehead atoms. The summed E-state index contributed by atoms with van der Waals surface area (Å²) >= 11 is 0. The average Bonchev–Trinajstić information content (AvgIpc) is 2.52. The molecule has 1 saturated heterocycles. The molecule has 3 atom stereocenters. The molecule has 126 valence electrons. The van der Waals surface area contributed by atoms with E-state index in [4.69, 9.17) is 4.74 Å². The molecule has 1 fully saturated rings. The Balaban J connectivity index is 2.12. The van der Waals surface area contributed by atoms with Crippen molar-refractivity contribution < 1.29 is 19.4 Å². The number of carboxylic acids is 1. The number of ether oxygens (including phenoxy) is 1. The van der Waals surface area contributed by atoms with E-state index in [1.165, 1.54) is 0 Å². The van der Waals surface area contributed by atoms with E-state index in [0.717, 1.165) is 5.56 Å². The summed E-state index contributed by atoms with van der Waals surface area (Å²) < 4.78 is 5.44. The number of carbonyl (C=O) groups excluding carboxylic acids is 1. The lowest BCUT2D eigenvalue weighted by molar-refractivity contribution is -0.147. The lowest BCUT2D eigenvalue weighted by Crippen LogP contribution is -2.56. The molecule has 1 N–H and O–H groups in total. The summed E-state index contributed by atoms with van der Waals surface area (Å²) in [6, 6.07) is 9.14. The van der Waals surface area contributed by atoms with E-state index in [2.05, 4.69) is 0 Å². The molecule has 1 aliphatic rings. The van der Waals surface area contributed by atoms with Crippen LogP contribution < -0.4 is 0 Å². The number of benzene rings is 1. The molecule has 0 aromatic heterocycles. The van der Waals surface area contributed by atoms with E-state index >= 15 is 0 Å². The summed E-state index contributed by atoms with van der Waals surface area (Å²) in [4.78, 5) is 25.8. The average molecular weight is 319 g/mol. The number of carbonyl (C=O) groups is 2. The number of amides is 1. The van der Waals surface area contributed by atoms with Gasteiger partial charge in [-0.3, -0.25) is 4.79 Å². The number of carboxylic acid groups (broad SMARTS) is 1. The first kappa shape index (κ1) is 17.3. The Morgan fingerprint density at radius 3 is 2.48 bits per heavy atom. The van der Waals surface area contributed by atoms with Crippen LogP contribution in [0, 0.1) is 11.8 Å². The van der Waals surface area contributed by atoms with Gasteiger partial charge in [0, 0.05) is 6.04 Å². The van der Waals surface area contributed by atoms with Crippen molar-refractivity contribution in [1.29, 1.82) is 0 Å². The molecule has 0 saturated carbocycles. The third-order valence-corrected chi connectivity index (χ3v) is 4.52. The van der Waals surface area contributed by atoms with Gasteiger partial charge in [0.25, 0.3) is 0 Å². The zero-order valence-electron chi connectivity index (χ0n) is 13.9. The zero-order valence-corrected chi connectivity index (χ0v) is 13.9. The second-order valence-corrected chi connectivity index (χ2v) is 6.55. The largest absolute Gasteiger partial charge is 0.481 e. The molecule has 23 heavy (non-hydrogen) atoms. The van der Waals surface area contributed by atoms with Gasteiger partial charge >= 0.3 is 12.1 Å². The summed E-state index contributed by atoms with van der Waals surface area (Å²) in [5.41, 5.74) is 0.918. The van der Waals surface area contributed by atoms with Crippen LogP contribution in [-0.2, 0) is 16.1 Å². The number of rotatable bonds is 4. The normalized spacial score (nSPS) is 24.5. The van der Waals surface area contributed by atoms with Crippen molar-refractivity contribution in [1.82, 2.24) is 4.90 Å². The Hall–Kier alpha value is -2.04. The number of nitrogens with zero attached hydrogens (tertiary/aromatic N) is 1. The topological polar surface area (TPSA) is 66.8 Å². The van der Waals surface area contributed by atoms with Crippen LogP contribution in [0.4, 0.5) is 4.79 Å². The van der Waals surface area contributed by atoms with Crippen molar-refractivity contribution in [3.63, 3.8) is 0 Å². The van der Waals surface area contributed by atoms with Gasteiger partial charge in [-0.1, -0.05) is 44.2 Å². The fourth-order valence-corrected chi connectivity index (χ4v) is 3.37. The number of likely N-dealkylation sites (tertiary alicyclic amines) is 1. The molecule has 0 radical (unpaired) electrons. The van der Waals surface area contributed by atoms with Crippen molar-refractivity contribution in [3.05, 3.63) is 35.9 Å². The zero-order chi connectivity index (χ0) is 17.0. The van der Waals surface area contributed by atoms with E-state index in [-0.39, 0.29) is 24.6 Å². The van der Waals surface area contributed by atoms with Crippen molar-refractivity contribution >= 4 is 12.1 Å². The van der Waals surface area contributed by atoms with E-state index in [1.54, 1.807) is 4.90 Å². The predicted octanol–water partition coefficient (Wildman–Crippen LogP) is 3.53. The van der Waals surface area contributed by atoms with Crippen LogP contribution >= 0.6 is 0 Å². The Labute approximate surface area is 137 Å². The quantitative estimate of drug-likeness (QED) is 0.922. The molecule has 0 aliphatic carbocycles. The van der Waals surface area contributed by atoms with Crippen LogP contribution in [0.25, 0.3) is 0 Å². The minimum absolute atomic E-state index is 0.0127. The SMILES string of the molecule is CC(C)C1C(C(=O)O)CCC(C)N1C(=O)OCc1ccccc1. The molecule has 2 rings (SSSR count). The first-order valence-electron chi connectivity index (χ1n) is 8.13.